The molecule has 3 rings (SSSR count). The van der Waals surface area contributed by atoms with Crippen LogP contribution in [-0.4, -0.2) is 26.6 Å². The van der Waals surface area contributed by atoms with E-state index in [0.717, 1.165) is 50.5 Å². The summed E-state index contributed by atoms with van der Waals surface area (Å²) in [5.74, 6) is 0.397. The molecule has 2 aliphatic carbocycles. The minimum absolute atomic E-state index is 0.151. The molecule has 0 spiro atoms. The van der Waals surface area contributed by atoms with Crippen LogP contribution in [0.3, 0.4) is 0 Å². The maximum absolute atomic E-state index is 12.9. The molecule has 1 N–H and O–H groups in total. The standard InChI is InChI=1S/C17H24N2O3S/c1-23(21,22)18-14-7-9-15(10-8-14)19(16-11-12-16)17(20)13-5-3-2-4-6-13/h7-10,13,16,18H,2-6,11-12H2,1H3. The van der Waals surface area contributed by atoms with E-state index in [1.54, 1.807) is 12.1 Å². The topological polar surface area (TPSA) is 66.5 Å². The summed E-state index contributed by atoms with van der Waals surface area (Å²) in [6.45, 7) is 0. The van der Waals surface area contributed by atoms with Crippen LogP contribution < -0.4 is 9.62 Å². The van der Waals surface area contributed by atoms with Crippen LogP contribution in [0.1, 0.15) is 44.9 Å². The van der Waals surface area contributed by atoms with Crippen molar-refractivity contribution in [3.8, 4) is 0 Å². The van der Waals surface area contributed by atoms with Gasteiger partial charge in [0.25, 0.3) is 0 Å². The molecule has 1 amide bonds. The molecule has 126 valence electrons. The van der Waals surface area contributed by atoms with Gasteiger partial charge in [-0.3, -0.25) is 9.52 Å². The zero-order valence-corrected chi connectivity index (χ0v) is 14.3. The number of rotatable bonds is 5. The number of hydrogen-bond donors (Lipinski definition) is 1. The van der Waals surface area contributed by atoms with Gasteiger partial charge >= 0.3 is 0 Å². The van der Waals surface area contributed by atoms with Crippen LogP contribution in [0, 0.1) is 5.92 Å². The van der Waals surface area contributed by atoms with E-state index in [0.29, 0.717) is 11.7 Å². The summed E-state index contributed by atoms with van der Waals surface area (Å²) >= 11 is 0. The lowest BCUT2D eigenvalue weighted by Crippen LogP contribution is -2.38. The van der Waals surface area contributed by atoms with Crippen molar-refractivity contribution in [3.05, 3.63) is 24.3 Å². The van der Waals surface area contributed by atoms with Crippen molar-refractivity contribution in [1.82, 2.24) is 0 Å². The smallest absolute Gasteiger partial charge is 0.230 e. The molecule has 0 aliphatic heterocycles. The van der Waals surface area contributed by atoms with Gasteiger partial charge in [0.2, 0.25) is 15.9 Å². The normalized spacial score (nSPS) is 19.3. The van der Waals surface area contributed by atoms with Crippen LogP contribution in [0.4, 0.5) is 11.4 Å². The monoisotopic (exact) mass is 336 g/mol. The second-order valence-electron chi connectivity index (χ2n) is 6.70. The quantitative estimate of drug-likeness (QED) is 0.898. The molecule has 6 heteroatoms. The first-order valence-corrected chi connectivity index (χ1v) is 10.2. The van der Waals surface area contributed by atoms with Gasteiger partial charge in [0.1, 0.15) is 0 Å². The van der Waals surface area contributed by atoms with E-state index in [-0.39, 0.29) is 11.8 Å². The molecule has 0 saturated heterocycles. The van der Waals surface area contributed by atoms with Crippen molar-refractivity contribution in [3.63, 3.8) is 0 Å². The number of nitrogens with one attached hydrogen (secondary N) is 1. The van der Waals surface area contributed by atoms with Gasteiger partial charge in [-0.25, -0.2) is 8.42 Å². The highest BCUT2D eigenvalue weighted by Gasteiger charge is 2.37. The van der Waals surface area contributed by atoms with E-state index in [2.05, 4.69) is 4.72 Å². The first kappa shape index (κ1) is 16.3. The molecule has 0 unspecified atom stereocenters. The zero-order chi connectivity index (χ0) is 16.4. The lowest BCUT2D eigenvalue weighted by atomic mass is 9.88. The molecule has 0 aromatic heterocycles. The van der Waals surface area contributed by atoms with Gasteiger partial charge in [-0.1, -0.05) is 19.3 Å². The van der Waals surface area contributed by atoms with Gasteiger partial charge in [-0.2, -0.15) is 0 Å². The maximum atomic E-state index is 12.9. The van der Waals surface area contributed by atoms with Gasteiger partial charge in [0, 0.05) is 23.3 Å². The molecule has 0 atom stereocenters. The van der Waals surface area contributed by atoms with Crippen LogP contribution in [0.5, 0.6) is 0 Å². The van der Waals surface area contributed by atoms with E-state index in [1.807, 2.05) is 17.0 Å². The Morgan fingerprint density at radius 2 is 1.65 bits per heavy atom. The average Bonchev–Trinajstić information content (AvgIpc) is 3.33. The van der Waals surface area contributed by atoms with E-state index >= 15 is 0 Å². The first-order valence-electron chi connectivity index (χ1n) is 8.35. The summed E-state index contributed by atoms with van der Waals surface area (Å²) in [5.41, 5.74) is 1.40. The number of sulfonamides is 1. The Bertz CT molecular complexity index is 660. The van der Waals surface area contributed by atoms with Gasteiger partial charge in [-0.05, 0) is 49.9 Å². The molecule has 2 fully saturated rings. The fourth-order valence-corrected chi connectivity index (χ4v) is 3.87. The molecule has 5 nitrogen and oxygen atoms in total. The highest BCUT2D eigenvalue weighted by molar-refractivity contribution is 7.92. The number of benzene rings is 1. The van der Waals surface area contributed by atoms with Crippen LogP contribution in [0.2, 0.25) is 0 Å². The van der Waals surface area contributed by atoms with Gasteiger partial charge < -0.3 is 4.90 Å². The van der Waals surface area contributed by atoms with E-state index in [1.165, 1.54) is 6.42 Å². The van der Waals surface area contributed by atoms with Crippen molar-refractivity contribution in [2.24, 2.45) is 5.92 Å². The number of hydrogen-bond acceptors (Lipinski definition) is 3. The molecule has 0 heterocycles. The number of amides is 1. The highest BCUT2D eigenvalue weighted by atomic mass is 32.2. The molecule has 0 bridgehead atoms. The predicted molar refractivity (Wildman–Crippen MR) is 92.0 cm³/mol. The molecule has 1 aromatic rings. The van der Waals surface area contributed by atoms with Gasteiger partial charge in [-0.15, -0.1) is 0 Å². The van der Waals surface area contributed by atoms with Gasteiger partial charge in [0.05, 0.1) is 6.26 Å². The van der Waals surface area contributed by atoms with Crippen LogP contribution in [0.25, 0.3) is 0 Å². The lowest BCUT2D eigenvalue weighted by Gasteiger charge is -2.29. The Morgan fingerprint density at radius 3 is 2.17 bits per heavy atom. The molecule has 2 saturated carbocycles. The van der Waals surface area contributed by atoms with E-state index in [4.69, 9.17) is 0 Å². The summed E-state index contributed by atoms with van der Waals surface area (Å²) in [4.78, 5) is 14.9. The minimum Gasteiger partial charge on any atom is -0.309 e. The van der Waals surface area contributed by atoms with E-state index < -0.39 is 10.0 Å². The second kappa shape index (κ2) is 6.51. The average molecular weight is 336 g/mol. The molecular formula is C17H24N2O3S. The Balaban J connectivity index is 1.77. The fraction of sp³-hybridized carbons (Fsp3) is 0.588. The summed E-state index contributed by atoms with van der Waals surface area (Å²) < 4.78 is 25.0. The Morgan fingerprint density at radius 1 is 1.04 bits per heavy atom. The third kappa shape index (κ3) is 4.25. The number of nitrogens with zero attached hydrogens (tertiary/aromatic N) is 1. The predicted octanol–water partition coefficient (Wildman–Crippen LogP) is 3.13. The zero-order valence-electron chi connectivity index (χ0n) is 13.5. The van der Waals surface area contributed by atoms with Crippen molar-refractivity contribution in [2.45, 2.75) is 51.0 Å². The van der Waals surface area contributed by atoms with Crippen LogP contribution in [-0.2, 0) is 14.8 Å². The van der Waals surface area contributed by atoms with E-state index in [9.17, 15) is 13.2 Å². The highest BCUT2D eigenvalue weighted by Crippen LogP contribution is 2.36. The van der Waals surface area contributed by atoms with Crippen molar-refractivity contribution in [2.75, 3.05) is 15.9 Å². The molecule has 23 heavy (non-hydrogen) atoms. The fourth-order valence-electron chi connectivity index (χ4n) is 3.30. The third-order valence-corrected chi connectivity index (χ3v) is 5.16. The van der Waals surface area contributed by atoms with Crippen molar-refractivity contribution in [1.29, 1.82) is 0 Å². The number of anilines is 2. The summed E-state index contributed by atoms with van der Waals surface area (Å²) in [7, 11) is -3.28. The van der Waals surface area contributed by atoms with Crippen LogP contribution >= 0.6 is 0 Å². The van der Waals surface area contributed by atoms with Gasteiger partial charge in [0.15, 0.2) is 0 Å². The molecular weight excluding hydrogens is 312 g/mol. The Hall–Kier alpha value is -1.56. The SMILES string of the molecule is CS(=O)(=O)Nc1ccc(N(C(=O)C2CCCCC2)C2CC2)cc1. The second-order valence-corrected chi connectivity index (χ2v) is 8.44. The van der Waals surface area contributed by atoms with Crippen molar-refractivity contribution < 1.29 is 13.2 Å². The first-order chi connectivity index (χ1) is 10.9. The van der Waals surface area contributed by atoms with Crippen LogP contribution in [0.15, 0.2) is 24.3 Å². The Labute approximate surface area is 138 Å². The summed E-state index contributed by atoms with van der Waals surface area (Å²) in [5, 5.41) is 0. The molecule has 1 aromatic carbocycles. The minimum atomic E-state index is -3.28. The third-order valence-electron chi connectivity index (χ3n) is 4.55. The molecule has 0 radical (unpaired) electrons. The maximum Gasteiger partial charge on any atom is 0.230 e. The molecule has 2 aliphatic rings. The largest absolute Gasteiger partial charge is 0.309 e. The van der Waals surface area contributed by atoms with Crippen molar-refractivity contribution >= 4 is 27.3 Å². The number of carbonyl (C=O) groups is 1. The summed E-state index contributed by atoms with van der Waals surface area (Å²) in [6, 6.07) is 7.44. The Kier molecular flexibility index (Phi) is 4.62. The lowest BCUT2D eigenvalue weighted by molar-refractivity contribution is -0.123. The number of carbonyl (C=O) groups excluding carboxylic acids is 1. The summed E-state index contributed by atoms with van der Waals surface area (Å²) in [6.07, 6.45) is 8.76.